The van der Waals surface area contributed by atoms with Crippen LogP contribution in [0, 0.1) is 5.92 Å². The van der Waals surface area contributed by atoms with Crippen LogP contribution in [0.3, 0.4) is 0 Å². The van der Waals surface area contributed by atoms with Gasteiger partial charge in [-0.2, -0.15) is 0 Å². The highest BCUT2D eigenvalue weighted by atomic mass is 32.2. The first-order chi connectivity index (χ1) is 13.9. The third-order valence-electron chi connectivity index (χ3n) is 4.98. The van der Waals surface area contributed by atoms with E-state index in [0.29, 0.717) is 18.3 Å². The lowest BCUT2D eigenvalue weighted by molar-refractivity contribution is 0.00203. The van der Waals surface area contributed by atoms with Gasteiger partial charge in [0, 0.05) is 17.1 Å². The monoisotopic (exact) mass is 429 g/mol. The van der Waals surface area contributed by atoms with Crippen molar-refractivity contribution in [3.8, 4) is 5.75 Å². The number of anilines is 1. The van der Waals surface area contributed by atoms with Crippen LogP contribution < -0.4 is 10.5 Å². The third kappa shape index (κ3) is 4.52. The second kappa shape index (κ2) is 8.50. The van der Waals surface area contributed by atoms with E-state index in [1.807, 2.05) is 26.0 Å². The molecule has 154 valence electrons. The molecule has 0 radical (unpaired) electrons. The van der Waals surface area contributed by atoms with Gasteiger partial charge in [-0.05, 0) is 43.0 Å². The minimum absolute atomic E-state index is 0.177. The summed E-state index contributed by atoms with van der Waals surface area (Å²) in [7, 11) is 0. The Morgan fingerprint density at radius 3 is 2.66 bits per heavy atom. The van der Waals surface area contributed by atoms with E-state index >= 15 is 0 Å². The molecule has 5 nitrogen and oxygen atoms in total. The van der Waals surface area contributed by atoms with Crippen LogP contribution in [0.5, 0.6) is 5.75 Å². The average molecular weight is 430 g/mol. The molecule has 1 unspecified atom stereocenters. The topological polar surface area (TPSA) is 70.3 Å². The maximum Gasteiger partial charge on any atom is 0.191 e. The number of hydrogen-bond donors (Lipinski definition) is 1. The Balaban J connectivity index is 1.51. The Morgan fingerprint density at radius 2 is 1.97 bits per heavy atom. The molecule has 0 saturated heterocycles. The molecule has 29 heavy (non-hydrogen) atoms. The summed E-state index contributed by atoms with van der Waals surface area (Å²) < 4.78 is 11.7. The van der Waals surface area contributed by atoms with Crippen molar-refractivity contribution in [3.05, 3.63) is 40.3 Å². The minimum Gasteiger partial charge on any atom is -0.491 e. The van der Waals surface area contributed by atoms with Gasteiger partial charge in [-0.3, -0.25) is 0 Å². The Morgan fingerprint density at radius 1 is 1.21 bits per heavy atom. The normalized spacial score (nSPS) is 16.6. The van der Waals surface area contributed by atoms with Crippen molar-refractivity contribution in [2.24, 2.45) is 5.92 Å². The molecule has 0 saturated carbocycles. The fraction of sp³-hybridized carbons (Fsp3) is 0.455. The zero-order valence-corrected chi connectivity index (χ0v) is 18.9. The number of hydrogen-bond acceptors (Lipinski definition) is 7. The number of benzene rings is 1. The van der Waals surface area contributed by atoms with Gasteiger partial charge < -0.3 is 15.2 Å². The number of fused-ring (bicyclic) bond motifs is 3. The molecule has 0 fully saturated rings. The highest BCUT2D eigenvalue weighted by Crippen LogP contribution is 2.39. The van der Waals surface area contributed by atoms with Crippen molar-refractivity contribution in [1.82, 2.24) is 9.97 Å². The van der Waals surface area contributed by atoms with Crippen LogP contribution in [-0.2, 0) is 23.5 Å². The molecule has 0 aliphatic carbocycles. The minimum atomic E-state index is 0.177. The summed E-state index contributed by atoms with van der Waals surface area (Å²) >= 11 is 3.29. The predicted octanol–water partition coefficient (Wildman–Crippen LogP) is 5.45. The van der Waals surface area contributed by atoms with Crippen molar-refractivity contribution in [2.45, 2.75) is 63.8 Å². The molecule has 0 spiro atoms. The van der Waals surface area contributed by atoms with E-state index in [1.54, 1.807) is 23.1 Å². The molecule has 0 amide bonds. The molecule has 3 aromatic rings. The molecule has 7 heteroatoms. The number of nitrogens with two attached hydrogens (primary N) is 1. The SMILES string of the molecule is CC(C)Oc1ccc(CSc2nc(N)c3c4c(sc3n2)COC(C(C)C)C4)cc1. The van der Waals surface area contributed by atoms with Crippen molar-refractivity contribution in [1.29, 1.82) is 0 Å². The van der Waals surface area contributed by atoms with Crippen molar-refractivity contribution >= 4 is 39.1 Å². The number of nitrogen functional groups attached to an aromatic ring is 1. The summed E-state index contributed by atoms with van der Waals surface area (Å²) in [5, 5.41) is 1.75. The lowest BCUT2D eigenvalue weighted by Gasteiger charge is -2.26. The molecule has 2 N–H and O–H groups in total. The van der Waals surface area contributed by atoms with Crippen molar-refractivity contribution in [3.63, 3.8) is 0 Å². The van der Waals surface area contributed by atoms with Gasteiger partial charge in [0.2, 0.25) is 0 Å². The van der Waals surface area contributed by atoms with Gasteiger partial charge in [-0.25, -0.2) is 9.97 Å². The smallest absolute Gasteiger partial charge is 0.191 e. The summed E-state index contributed by atoms with van der Waals surface area (Å²) in [6, 6.07) is 8.18. The molecule has 2 aromatic heterocycles. The van der Waals surface area contributed by atoms with Gasteiger partial charge in [0.15, 0.2) is 5.16 Å². The number of thiophene rings is 1. The maximum absolute atomic E-state index is 6.37. The van der Waals surface area contributed by atoms with E-state index in [-0.39, 0.29) is 12.2 Å². The number of ether oxygens (including phenoxy) is 2. The predicted molar refractivity (Wildman–Crippen MR) is 121 cm³/mol. The molecular weight excluding hydrogens is 402 g/mol. The Labute approximate surface area is 180 Å². The Bertz CT molecular complexity index is 999. The molecule has 0 bridgehead atoms. The van der Waals surface area contributed by atoms with Gasteiger partial charge in [0.05, 0.1) is 24.2 Å². The van der Waals surface area contributed by atoms with E-state index in [2.05, 4.69) is 31.0 Å². The molecule has 1 aliphatic rings. The Hall–Kier alpha value is -1.83. The first kappa shape index (κ1) is 20.4. The van der Waals surface area contributed by atoms with Crippen LogP contribution in [0.4, 0.5) is 5.82 Å². The summed E-state index contributed by atoms with van der Waals surface area (Å²) in [4.78, 5) is 11.6. The molecule has 1 aliphatic heterocycles. The van der Waals surface area contributed by atoms with Gasteiger partial charge in [0.25, 0.3) is 0 Å². The van der Waals surface area contributed by atoms with Crippen molar-refractivity contribution in [2.75, 3.05) is 5.73 Å². The zero-order chi connectivity index (χ0) is 20.5. The number of rotatable bonds is 6. The summed E-state index contributed by atoms with van der Waals surface area (Å²) in [5.41, 5.74) is 8.85. The molecule has 3 heterocycles. The van der Waals surface area contributed by atoms with Gasteiger partial charge in [-0.15, -0.1) is 11.3 Å². The van der Waals surface area contributed by atoms with Crippen LogP contribution >= 0.6 is 23.1 Å². The number of thioether (sulfide) groups is 1. The maximum atomic E-state index is 6.37. The first-order valence-corrected chi connectivity index (χ1v) is 11.8. The quantitative estimate of drug-likeness (QED) is 0.415. The van der Waals surface area contributed by atoms with Gasteiger partial charge >= 0.3 is 0 Å². The van der Waals surface area contributed by atoms with Crippen LogP contribution in [0.1, 0.15) is 43.7 Å². The van der Waals surface area contributed by atoms with Crippen LogP contribution in [0.2, 0.25) is 0 Å². The largest absolute Gasteiger partial charge is 0.491 e. The standard InChI is InChI=1S/C22H27N3O2S2/c1-12(2)17-9-16-18(10-26-17)29-21-19(16)20(23)24-22(25-21)28-11-14-5-7-15(8-6-14)27-13(3)4/h5-8,12-13,17H,9-11H2,1-4H3,(H2,23,24,25). The zero-order valence-electron chi connectivity index (χ0n) is 17.3. The average Bonchev–Trinajstić information content (AvgIpc) is 3.05. The van der Waals surface area contributed by atoms with Crippen LogP contribution in [0.25, 0.3) is 10.2 Å². The Kier molecular flexibility index (Phi) is 5.99. The van der Waals surface area contributed by atoms with Gasteiger partial charge in [-0.1, -0.05) is 37.7 Å². The number of aromatic nitrogens is 2. The van der Waals surface area contributed by atoms with E-state index in [0.717, 1.165) is 33.3 Å². The van der Waals surface area contributed by atoms with E-state index in [9.17, 15) is 0 Å². The highest BCUT2D eigenvalue weighted by Gasteiger charge is 2.27. The lowest BCUT2D eigenvalue weighted by atomic mass is 9.96. The molecule has 1 aromatic carbocycles. The third-order valence-corrected chi connectivity index (χ3v) is 7.00. The fourth-order valence-corrected chi connectivity index (χ4v) is 5.46. The molecule has 4 rings (SSSR count). The van der Waals surface area contributed by atoms with E-state index in [1.165, 1.54) is 16.0 Å². The first-order valence-electron chi connectivity index (χ1n) is 9.98. The second-order valence-corrected chi connectivity index (χ2v) is 10.00. The summed E-state index contributed by atoms with van der Waals surface area (Å²) in [5.74, 6) is 2.74. The summed E-state index contributed by atoms with van der Waals surface area (Å²) in [6.07, 6.45) is 1.30. The van der Waals surface area contributed by atoms with E-state index < -0.39 is 0 Å². The second-order valence-electron chi connectivity index (χ2n) is 7.97. The molecular formula is C22H27N3O2S2. The van der Waals surface area contributed by atoms with Gasteiger partial charge in [0.1, 0.15) is 16.4 Å². The van der Waals surface area contributed by atoms with Crippen molar-refractivity contribution < 1.29 is 9.47 Å². The molecule has 1 atom stereocenters. The lowest BCUT2D eigenvalue weighted by Crippen LogP contribution is -2.26. The van der Waals surface area contributed by atoms with E-state index in [4.69, 9.17) is 20.2 Å². The number of nitrogens with zero attached hydrogens (tertiary/aromatic N) is 2. The van der Waals surface area contributed by atoms with Crippen LogP contribution in [-0.4, -0.2) is 22.2 Å². The summed E-state index contributed by atoms with van der Waals surface area (Å²) in [6.45, 7) is 9.09. The van der Waals surface area contributed by atoms with Crippen LogP contribution in [0.15, 0.2) is 29.4 Å². The fourth-order valence-electron chi connectivity index (χ4n) is 3.46. The highest BCUT2D eigenvalue weighted by molar-refractivity contribution is 7.98.